The van der Waals surface area contributed by atoms with Crippen molar-refractivity contribution in [3.63, 3.8) is 0 Å². The normalized spacial score (nSPS) is 10.8. The molecule has 0 bridgehead atoms. The number of fused-ring (bicyclic) bond motifs is 1. The number of pyridine rings is 2. The van der Waals surface area contributed by atoms with Gasteiger partial charge < -0.3 is 0 Å². The Balaban J connectivity index is 2.19. The molecule has 5 heteroatoms. The number of hydrogen-bond donors (Lipinski definition) is 0. The molecule has 0 aliphatic carbocycles. The molecule has 3 rings (SSSR count). The van der Waals surface area contributed by atoms with Gasteiger partial charge in [0.2, 0.25) is 5.82 Å². The van der Waals surface area contributed by atoms with E-state index in [2.05, 4.69) is 15.1 Å². The van der Waals surface area contributed by atoms with Crippen molar-refractivity contribution < 1.29 is 0 Å². The summed E-state index contributed by atoms with van der Waals surface area (Å²) in [5, 5.41) is 4.95. The number of aromatic nitrogens is 4. The summed E-state index contributed by atoms with van der Waals surface area (Å²) in [6, 6.07) is 9.17. The Bertz CT molecular complexity index is 633. The zero-order chi connectivity index (χ0) is 11.0. The molecule has 78 valence electrons. The van der Waals surface area contributed by atoms with Gasteiger partial charge in [0, 0.05) is 23.5 Å². The van der Waals surface area contributed by atoms with Gasteiger partial charge in [-0.2, -0.15) is 0 Å². The highest BCUT2D eigenvalue weighted by Gasteiger charge is 2.06. The third-order valence-electron chi connectivity index (χ3n) is 2.19. The molecule has 4 nitrogen and oxygen atoms in total. The van der Waals surface area contributed by atoms with Crippen LogP contribution in [0.5, 0.6) is 0 Å². The van der Waals surface area contributed by atoms with Crippen LogP contribution in [0.15, 0.2) is 42.7 Å². The lowest BCUT2D eigenvalue weighted by Gasteiger charge is -1.90. The van der Waals surface area contributed by atoms with Gasteiger partial charge in [-0.1, -0.05) is 17.7 Å². The second kappa shape index (κ2) is 3.57. The standard InChI is InChI=1S/C11H7ClN4/c12-8-4-6-16-10(7-8)14-11(15-16)9-3-1-2-5-13-9/h1-7H. The molecule has 0 atom stereocenters. The molecule has 0 fully saturated rings. The zero-order valence-corrected chi connectivity index (χ0v) is 8.96. The fourth-order valence-corrected chi connectivity index (χ4v) is 1.61. The molecule has 0 spiro atoms. The minimum atomic E-state index is 0.600. The Labute approximate surface area is 96.5 Å². The van der Waals surface area contributed by atoms with E-state index in [1.54, 1.807) is 29.0 Å². The summed E-state index contributed by atoms with van der Waals surface area (Å²) in [4.78, 5) is 8.54. The van der Waals surface area contributed by atoms with Gasteiger partial charge in [-0.05, 0) is 18.2 Å². The summed E-state index contributed by atoms with van der Waals surface area (Å²) < 4.78 is 1.68. The Kier molecular flexibility index (Phi) is 2.08. The first-order valence-corrected chi connectivity index (χ1v) is 5.14. The van der Waals surface area contributed by atoms with Crippen molar-refractivity contribution >= 4 is 17.2 Å². The maximum Gasteiger partial charge on any atom is 0.200 e. The second-order valence-corrected chi connectivity index (χ2v) is 3.73. The van der Waals surface area contributed by atoms with Gasteiger partial charge in [-0.15, -0.1) is 5.10 Å². The van der Waals surface area contributed by atoms with Crippen LogP contribution in [0, 0.1) is 0 Å². The second-order valence-electron chi connectivity index (χ2n) is 3.30. The average molecular weight is 231 g/mol. The van der Waals surface area contributed by atoms with Gasteiger partial charge in [0.15, 0.2) is 5.65 Å². The van der Waals surface area contributed by atoms with Crippen molar-refractivity contribution in [1.29, 1.82) is 0 Å². The molecule has 0 saturated heterocycles. The molecule has 0 N–H and O–H groups in total. The molecular formula is C11H7ClN4. The van der Waals surface area contributed by atoms with E-state index in [-0.39, 0.29) is 0 Å². The van der Waals surface area contributed by atoms with Crippen molar-refractivity contribution in [2.45, 2.75) is 0 Å². The van der Waals surface area contributed by atoms with Gasteiger partial charge in [0.25, 0.3) is 0 Å². The molecule has 0 radical (unpaired) electrons. The Morgan fingerprint density at radius 3 is 2.94 bits per heavy atom. The van der Waals surface area contributed by atoms with Crippen LogP contribution < -0.4 is 0 Å². The first-order chi connectivity index (χ1) is 7.83. The highest BCUT2D eigenvalue weighted by atomic mass is 35.5. The Morgan fingerprint density at radius 1 is 1.19 bits per heavy atom. The van der Waals surface area contributed by atoms with E-state index in [9.17, 15) is 0 Å². The highest BCUT2D eigenvalue weighted by molar-refractivity contribution is 6.30. The van der Waals surface area contributed by atoms with Crippen LogP contribution >= 0.6 is 11.6 Å². The molecular weight excluding hydrogens is 224 g/mol. The number of halogens is 1. The van der Waals surface area contributed by atoms with Gasteiger partial charge in [0.1, 0.15) is 5.69 Å². The lowest BCUT2D eigenvalue weighted by Crippen LogP contribution is -1.86. The summed E-state index contributed by atoms with van der Waals surface area (Å²) >= 11 is 5.88. The van der Waals surface area contributed by atoms with Crippen LogP contribution in [0.2, 0.25) is 5.02 Å². The Hall–Kier alpha value is -1.94. The van der Waals surface area contributed by atoms with Crippen LogP contribution in [0.1, 0.15) is 0 Å². The largest absolute Gasteiger partial charge is 0.253 e. The molecule has 3 heterocycles. The molecule has 0 amide bonds. The Morgan fingerprint density at radius 2 is 2.12 bits per heavy atom. The van der Waals surface area contributed by atoms with Crippen molar-refractivity contribution in [1.82, 2.24) is 19.6 Å². The minimum Gasteiger partial charge on any atom is -0.253 e. The topological polar surface area (TPSA) is 43.1 Å². The fourth-order valence-electron chi connectivity index (χ4n) is 1.46. The summed E-state index contributed by atoms with van der Waals surface area (Å²) in [5.74, 6) is 0.600. The third-order valence-corrected chi connectivity index (χ3v) is 2.43. The van der Waals surface area contributed by atoms with E-state index in [0.717, 1.165) is 5.69 Å². The molecule has 0 saturated carbocycles. The van der Waals surface area contributed by atoms with E-state index in [1.807, 2.05) is 18.2 Å². The van der Waals surface area contributed by atoms with E-state index in [0.29, 0.717) is 16.5 Å². The number of rotatable bonds is 1. The number of nitrogens with zero attached hydrogens (tertiary/aromatic N) is 4. The van der Waals surface area contributed by atoms with Crippen LogP contribution in [-0.4, -0.2) is 19.6 Å². The smallest absolute Gasteiger partial charge is 0.200 e. The lowest BCUT2D eigenvalue weighted by molar-refractivity contribution is 0.962. The van der Waals surface area contributed by atoms with Crippen LogP contribution in [0.25, 0.3) is 17.2 Å². The molecule has 3 aromatic heterocycles. The molecule has 3 aromatic rings. The van der Waals surface area contributed by atoms with E-state index >= 15 is 0 Å². The quantitative estimate of drug-likeness (QED) is 0.645. The van der Waals surface area contributed by atoms with Crippen molar-refractivity contribution in [3.05, 3.63) is 47.7 Å². The first kappa shape index (κ1) is 9.30. The summed E-state index contributed by atoms with van der Waals surface area (Å²) in [6.07, 6.45) is 3.49. The van der Waals surface area contributed by atoms with Crippen molar-refractivity contribution in [2.75, 3.05) is 0 Å². The molecule has 0 aliphatic heterocycles. The predicted molar refractivity (Wildman–Crippen MR) is 61.2 cm³/mol. The zero-order valence-electron chi connectivity index (χ0n) is 8.21. The predicted octanol–water partition coefficient (Wildman–Crippen LogP) is 2.44. The summed E-state index contributed by atoms with van der Waals surface area (Å²) in [5.41, 5.74) is 1.47. The molecule has 0 aromatic carbocycles. The SMILES string of the molecule is Clc1ccn2nc(-c3ccccn3)nc2c1. The fraction of sp³-hybridized carbons (Fsp3) is 0. The maximum atomic E-state index is 5.88. The average Bonchev–Trinajstić information content (AvgIpc) is 2.73. The third kappa shape index (κ3) is 1.53. The van der Waals surface area contributed by atoms with Crippen LogP contribution in [0.3, 0.4) is 0 Å². The van der Waals surface area contributed by atoms with E-state index in [4.69, 9.17) is 11.6 Å². The summed E-state index contributed by atoms with van der Waals surface area (Å²) in [6.45, 7) is 0. The van der Waals surface area contributed by atoms with Crippen molar-refractivity contribution in [3.8, 4) is 11.5 Å². The lowest BCUT2D eigenvalue weighted by atomic mass is 10.3. The van der Waals surface area contributed by atoms with Crippen molar-refractivity contribution in [2.24, 2.45) is 0 Å². The van der Waals surface area contributed by atoms with Crippen LogP contribution in [-0.2, 0) is 0 Å². The minimum absolute atomic E-state index is 0.600. The first-order valence-electron chi connectivity index (χ1n) is 4.76. The summed E-state index contributed by atoms with van der Waals surface area (Å²) in [7, 11) is 0. The molecule has 16 heavy (non-hydrogen) atoms. The highest BCUT2D eigenvalue weighted by Crippen LogP contribution is 2.15. The van der Waals surface area contributed by atoms with E-state index in [1.165, 1.54) is 0 Å². The van der Waals surface area contributed by atoms with Gasteiger partial charge in [0.05, 0.1) is 0 Å². The van der Waals surface area contributed by atoms with Gasteiger partial charge in [-0.25, -0.2) is 9.50 Å². The monoisotopic (exact) mass is 230 g/mol. The molecule has 0 aliphatic rings. The molecule has 0 unspecified atom stereocenters. The maximum absolute atomic E-state index is 5.88. The van der Waals surface area contributed by atoms with Crippen LogP contribution in [0.4, 0.5) is 0 Å². The number of hydrogen-bond acceptors (Lipinski definition) is 3. The van der Waals surface area contributed by atoms with E-state index < -0.39 is 0 Å². The van der Waals surface area contributed by atoms with Gasteiger partial charge in [-0.3, -0.25) is 4.98 Å². The van der Waals surface area contributed by atoms with Gasteiger partial charge >= 0.3 is 0 Å².